The first-order valence-electron chi connectivity index (χ1n) is 5.95. The van der Waals surface area contributed by atoms with Gasteiger partial charge in [0.1, 0.15) is 0 Å². The van der Waals surface area contributed by atoms with Crippen molar-refractivity contribution in [3.8, 4) is 0 Å². The second-order valence-electron chi connectivity index (χ2n) is 5.39. The minimum atomic E-state index is 0.174. The van der Waals surface area contributed by atoms with Gasteiger partial charge in [-0.2, -0.15) is 0 Å². The van der Waals surface area contributed by atoms with Crippen molar-refractivity contribution in [3.05, 3.63) is 0 Å². The van der Waals surface area contributed by atoms with Crippen LogP contribution in [0, 0.1) is 0 Å². The van der Waals surface area contributed by atoms with E-state index in [1.165, 1.54) is 0 Å². The Bertz CT molecular complexity index is 171. The summed E-state index contributed by atoms with van der Waals surface area (Å²) in [5.74, 6) is 0. The molecule has 1 aliphatic heterocycles. The minimum Gasteiger partial charge on any atom is -0.381 e. The summed E-state index contributed by atoms with van der Waals surface area (Å²) < 4.78 is 11.2. The van der Waals surface area contributed by atoms with Crippen LogP contribution in [0.25, 0.3) is 0 Å². The van der Waals surface area contributed by atoms with Crippen molar-refractivity contribution in [1.29, 1.82) is 0 Å². The fourth-order valence-corrected chi connectivity index (χ4v) is 1.64. The third-order valence-electron chi connectivity index (χ3n) is 2.51. The summed E-state index contributed by atoms with van der Waals surface area (Å²) >= 11 is 0. The normalized spacial score (nSPS) is 21.6. The highest BCUT2D eigenvalue weighted by Gasteiger charge is 2.18. The molecule has 0 aromatic rings. The highest BCUT2D eigenvalue weighted by Crippen LogP contribution is 2.12. The Kier molecular flexibility index (Phi) is 5.03. The Morgan fingerprint density at radius 2 is 1.93 bits per heavy atom. The molecule has 0 radical (unpaired) electrons. The van der Waals surface area contributed by atoms with E-state index in [4.69, 9.17) is 9.47 Å². The lowest BCUT2D eigenvalue weighted by Crippen LogP contribution is -2.42. The number of ether oxygens (including phenoxy) is 2. The van der Waals surface area contributed by atoms with E-state index in [0.29, 0.717) is 6.10 Å². The summed E-state index contributed by atoms with van der Waals surface area (Å²) in [6.45, 7) is 11.3. The van der Waals surface area contributed by atoms with Crippen molar-refractivity contribution < 1.29 is 9.47 Å². The molecule has 90 valence electrons. The van der Waals surface area contributed by atoms with E-state index in [9.17, 15) is 0 Å². The van der Waals surface area contributed by atoms with E-state index >= 15 is 0 Å². The van der Waals surface area contributed by atoms with Crippen LogP contribution in [0.3, 0.4) is 0 Å². The molecule has 3 heteroatoms. The average molecular weight is 215 g/mol. The third kappa shape index (κ3) is 6.13. The van der Waals surface area contributed by atoms with Gasteiger partial charge in [0.05, 0.1) is 12.2 Å². The van der Waals surface area contributed by atoms with Gasteiger partial charge in [-0.05, 0) is 40.5 Å². The van der Waals surface area contributed by atoms with Gasteiger partial charge in [0.25, 0.3) is 0 Å². The molecule has 0 amide bonds. The van der Waals surface area contributed by atoms with Crippen molar-refractivity contribution in [1.82, 2.24) is 5.32 Å². The quantitative estimate of drug-likeness (QED) is 0.777. The van der Waals surface area contributed by atoms with Crippen LogP contribution in [-0.4, -0.2) is 37.5 Å². The summed E-state index contributed by atoms with van der Waals surface area (Å²) in [7, 11) is 0. The fourth-order valence-electron chi connectivity index (χ4n) is 1.64. The average Bonchev–Trinajstić information content (AvgIpc) is 2.15. The van der Waals surface area contributed by atoms with Crippen molar-refractivity contribution >= 4 is 0 Å². The lowest BCUT2D eigenvalue weighted by atomic mass is 10.1. The van der Waals surface area contributed by atoms with Crippen molar-refractivity contribution in [2.45, 2.75) is 58.3 Å². The molecule has 1 rings (SSSR count). The van der Waals surface area contributed by atoms with Gasteiger partial charge in [-0.25, -0.2) is 0 Å². The van der Waals surface area contributed by atoms with Crippen LogP contribution in [0.2, 0.25) is 0 Å². The number of hydrogen-bond donors (Lipinski definition) is 1. The van der Waals surface area contributed by atoms with Crippen LogP contribution < -0.4 is 5.32 Å². The van der Waals surface area contributed by atoms with Crippen LogP contribution in [0.4, 0.5) is 0 Å². The highest BCUT2D eigenvalue weighted by atomic mass is 16.5. The zero-order valence-corrected chi connectivity index (χ0v) is 10.5. The van der Waals surface area contributed by atoms with E-state index in [-0.39, 0.29) is 11.6 Å². The van der Waals surface area contributed by atoms with Crippen molar-refractivity contribution in [2.75, 3.05) is 19.8 Å². The molecule has 0 aromatic heterocycles. The first-order valence-corrected chi connectivity index (χ1v) is 5.95. The van der Waals surface area contributed by atoms with Gasteiger partial charge in [0, 0.05) is 25.3 Å². The zero-order chi connectivity index (χ0) is 11.3. The SMILES string of the molecule is CC(CNC(C)(C)C)OC1CCOCC1. The van der Waals surface area contributed by atoms with Crippen LogP contribution in [0.1, 0.15) is 40.5 Å². The van der Waals surface area contributed by atoms with Gasteiger partial charge in [0.2, 0.25) is 0 Å². The molecule has 1 aliphatic rings. The molecular weight excluding hydrogens is 190 g/mol. The molecule has 1 saturated heterocycles. The fraction of sp³-hybridized carbons (Fsp3) is 1.00. The van der Waals surface area contributed by atoms with Crippen LogP contribution >= 0.6 is 0 Å². The third-order valence-corrected chi connectivity index (χ3v) is 2.51. The molecule has 1 atom stereocenters. The Labute approximate surface area is 93.5 Å². The van der Waals surface area contributed by atoms with Crippen LogP contribution in [-0.2, 0) is 9.47 Å². The van der Waals surface area contributed by atoms with Gasteiger partial charge in [-0.15, -0.1) is 0 Å². The molecular formula is C12H25NO2. The first-order chi connectivity index (χ1) is 6.97. The first kappa shape index (κ1) is 12.9. The van der Waals surface area contributed by atoms with Gasteiger partial charge in [0.15, 0.2) is 0 Å². The largest absolute Gasteiger partial charge is 0.381 e. The molecule has 1 N–H and O–H groups in total. The van der Waals surface area contributed by atoms with E-state index in [1.54, 1.807) is 0 Å². The van der Waals surface area contributed by atoms with Crippen LogP contribution in [0.15, 0.2) is 0 Å². The lowest BCUT2D eigenvalue weighted by Gasteiger charge is -2.28. The van der Waals surface area contributed by atoms with Gasteiger partial charge in [-0.1, -0.05) is 0 Å². The Balaban J connectivity index is 2.14. The van der Waals surface area contributed by atoms with E-state index in [0.717, 1.165) is 32.6 Å². The van der Waals surface area contributed by atoms with Gasteiger partial charge in [-0.3, -0.25) is 0 Å². The summed E-state index contributed by atoms with van der Waals surface area (Å²) in [5, 5.41) is 3.45. The Morgan fingerprint density at radius 3 is 2.47 bits per heavy atom. The minimum absolute atomic E-state index is 0.174. The second kappa shape index (κ2) is 5.83. The molecule has 1 unspecified atom stereocenters. The van der Waals surface area contributed by atoms with E-state index in [2.05, 4.69) is 33.0 Å². The summed E-state index contributed by atoms with van der Waals surface area (Å²) in [4.78, 5) is 0. The monoisotopic (exact) mass is 215 g/mol. The standard InChI is InChI=1S/C12H25NO2/c1-10(9-13-12(2,3)4)15-11-5-7-14-8-6-11/h10-11,13H,5-9H2,1-4H3. The molecule has 1 heterocycles. The second-order valence-corrected chi connectivity index (χ2v) is 5.39. The molecule has 0 spiro atoms. The number of nitrogens with one attached hydrogen (secondary N) is 1. The Morgan fingerprint density at radius 1 is 1.33 bits per heavy atom. The summed E-state index contributed by atoms with van der Waals surface area (Å²) in [5.41, 5.74) is 0.174. The molecule has 0 bridgehead atoms. The summed E-state index contributed by atoms with van der Waals surface area (Å²) in [6, 6.07) is 0. The highest BCUT2D eigenvalue weighted by molar-refractivity contribution is 4.73. The van der Waals surface area contributed by atoms with Crippen LogP contribution in [0.5, 0.6) is 0 Å². The molecule has 3 nitrogen and oxygen atoms in total. The predicted molar refractivity (Wildman–Crippen MR) is 62.1 cm³/mol. The number of rotatable bonds is 4. The van der Waals surface area contributed by atoms with Gasteiger partial charge >= 0.3 is 0 Å². The molecule has 0 aliphatic carbocycles. The van der Waals surface area contributed by atoms with Gasteiger partial charge < -0.3 is 14.8 Å². The van der Waals surface area contributed by atoms with E-state index < -0.39 is 0 Å². The zero-order valence-electron chi connectivity index (χ0n) is 10.5. The summed E-state index contributed by atoms with van der Waals surface area (Å²) in [6.07, 6.45) is 2.77. The Hall–Kier alpha value is -0.120. The molecule has 1 fully saturated rings. The predicted octanol–water partition coefficient (Wildman–Crippen LogP) is 1.96. The van der Waals surface area contributed by atoms with Crippen molar-refractivity contribution in [2.24, 2.45) is 0 Å². The maximum atomic E-state index is 5.94. The molecule has 15 heavy (non-hydrogen) atoms. The molecule has 0 aromatic carbocycles. The smallest absolute Gasteiger partial charge is 0.0675 e. The topological polar surface area (TPSA) is 30.5 Å². The molecule has 0 saturated carbocycles. The maximum Gasteiger partial charge on any atom is 0.0675 e. The van der Waals surface area contributed by atoms with Crippen molar-refractivity contribution in [3.63, 3.8) is 0 Å². The van der Waals surface area contributed by atoms with E-state index in [1.807, 2.05) is 0 Å². The number of hydrogen-bond acceptors (Lipinski definition) is 3. The maximum absolute atomic E-state index is 5.94. The lowest BCUT2D eigenvalue weighted by molar-refractivity contribution is -0.0624.